The predicted octanol–water partition coefficient (Wildman–Crippen LogP) is 3.87. The van der Waals surface area contributed by atoms with Crippen LogP contribution in [0.5, 0.6) is 0 Å². The lowest BCUT2D eigenvalue weighted by molar-refractivity contribution is 0.102. The number of hydrogen-bond acceptors (Lipinski definition) is 5. The van der Waals surface area contributed by atoms with Crippen LogP contribution in [0.2, 0.25) is 5.02 Å². The van der Waals surface area contributed by atoms with E-state index in [1.165, 1.54) is 12.3 Å². The van der Waals surface area contributed by atoms with Gasteiger partial charge in [0.25, 0.3) is 5.91 Å². The third-order valence-electron chi connectivity index (χ3n) is 3.50. The van der Waals surface area contributed by atoms with Gasteiger partial charge in [0, 0.05) is 23.5 Å². The maximum Gasteiger partial charge on any atom is 0.274 e. The summed E-state index contributed by atoms with van der Waals surface area (Å²) in [4.78, 5) is 20.7. The fraction of sp³-hybridized carbons (Fsp3) is 0.0526. The van der Waals surface area contributed by atoms with E-state index in [9.17, 15) is 4.79 Å². The summed E-state index contributed by atoms with van der Waals surface area (Å²) in [6.45, 7) is 0.506. The highest BCUT2D eigenvalue weighted by atomic mass is 35.5. The number of amides is 1. The molecule has 1 heterocycles. The van der Waals surface area contributed by atoms with Crippen LogP contribution in [0.25, 0.3) is 0 Å². The number of carbonyl (C=O) groups excluding carboxylic acids is 1. The van der Waals surface area contributed by atoms with Gasteiger partial charge in [-0.1, -0.05) is 29.8 Å². The van der Waals surface area contributed by atoms with E-state index in [0.29, 0.717) is 28.8 Å². The van der Waals surface area contributed by atoms with Crippen molar-refractivity contribution in [2.45, 2.75) is 6.54 Å². The summed E-state index contributed by atoms with van der Waals surface area (Å²) in [5.74, 6) is -0.0320. The lowest BCUT2D eigenvalue weighted by atomic mass is 10.2. The summed E-state index contributed by atoms with van der Waals surface area (Å²) in [7, 11) is 0. The zero-order chi connectivity index (χ0) is 18.4. The van der Waals surface area contributed by atoms with Crippen LogP contribution in [-0.4, -0.2) is 15.9 Å². The zero-order valence-corrected chi connectivity index (χ0v) is 14.4. The molecule has 0 atom stereocenters. The van der Waals surface area contributed by atoms with Gasteiger partial charge in [-0.15, -0.1) is 0 Å². The van der Waals surface area contributed by atoms with Crippen molar-refractivity contribution < 1.29 is 4.79 Å². The highest BCUT2D eigenvalue weighted by Crippen LogP contribution is 2.13. The fourth-order valence-electron chi connectivity index (χ4n) is 2.22. The van der Waals surface area contributed by atoms with Gasteiger partial charge in [0.05, 0.1) is 11.6 Å². The molecule has 3 rings (SSSR count). The number of halogens is 1. The molecule has 0 saturated carbocycles. The van der Waals surface area contributed by atoms with Crippen LogP contribution < -0.4 is 10.6 Å². The van der Waals surface area contributed by atoms with E-state index in [4.69, 9.17) is 16.9 Å². The number of aromatic nitrogens is 2. The SMILES string of the molecule is N#Cc1cccc(NC(=O)c2ccnc(NCc3ccc(Cl)cc3)n2)c1. The molecule has 0 fully saturated rings. The van der Waals surface area contributed by atoms with E-state index in [0.717, 1.165) is 5.56 Å². The average Bonchev–Trinajstić information content (AvgIpc) is 2.68. The Balaban J connectivity index is 1.67. The molecule has 128 valence electrons. The Morgan fingerprint density at radius 2 is 1.96 bits per heavy atom. The van der Waals surface area contributed by atoms with Gasteiger partial charge in [0.2, 0.25) is 5.95 Å². The van der Waals surface area contributed by atoms with Crippen molar-refractivity contribution in [2.75, 3.05) is 10.6 Å². The summed E-state index contributed by atoms with van der Waals surface area (Å²) >= 11 is 5.86. The molecule has 1 amide bonds. The van der Waals surface area contributed by atoms with Crippen molar-refractivity contribution in [1.82, 2.24) is 9.97 Å². The molecular formula is C19H14ClN5O. The minimum atomic E-state index is -0.378. The molecule has 26 heavy (non-hydrogen) atoms. The van der Waals surface area contributed by atoms with Crippen molar-refractivity contribution in [1.29, 1.82) is 5.26 Å². The number of rotatable bonds is 5. The summed E-state index contributed by atoms with van der Waals surface area (Å²) < 4.78 is 0. The zero-order valence-electron chi connectivity index (χ0n) is 13.6. The van der Waals surface area contributed by atoms with Crippen LogP contribution in [0.15, 0.2) is 60.8 Å². The molecule has 7 heteroatoms. The van der Waals surface area contributed by atoms with Crippen molar-refractivity contribution >= 4 is 29.1 Å². The van der Waals surface area contributed by atoms with Crippen LogP contribution in [0.1, 0.15) is 21.6 Å². The van der Waals surface area contributed by atoms with Crippen LogP contribution in [0.3, 0.4) is 0 Å². The van der Waals surface area contributed by atoms with Gasteiger partial charge >= 0.3 is 0 Å². The largest absolute Gasteiger partial charge is 0.350 e. The third-order valence-corrected chi connectivity index (χ3v) is 3.75. The molecule has 1 aromatic heterocycles. The Morgan fingerprint density at radius 1 is 1.15 bits per heavy atom. The van der Waals surface area contributed by atoms with E-state index in [-0.39, 0.29) is 11.6 Å². The van der Waals surface area contributed by atoms with Crippen molar-refractivity contribution in [3.63, 3.8) is 0 Å². The number of nitriles is 1. The molecule has 2 N–H and O–H groups in total. The van der Waals surface area contributed by atoms with Gasteiger partial charge in [-0.2, -0.15) is 5.26 Å². The quantitative estimate of drug-likeness (QED) is 0.718. The number of nitrogens with zero attached hydrogens (tertiary/aromatic N) is 3. The molecule has 0 aliphatic heterocycles. The molecule has 0 aliphatic carbocycles. The summed E-state index contributed by atoms with van der Waals surface area (Å²) in [5.41, 5.74) is 2.24. The van der Waals surface area contributed by atoms with Gasteiger partial charge in [-0.25, -0.2) is 9.97 Å². The molecule has 0 radical (unpaired) electrons. The first kappa shape index (κ1) is 17.4. The number of anilines is 2. The van der Waals surface area contributed by atoms with Gasteiger partial charge in [-0.3, -0.25) is 4.79 Å². The Hall–Kier alpha value is -3.43. The number of hydrogen-bond donors (Lipinski definition) is 2. The molecule has 3 aromatic rings. The molecule has 0 aliphatic rings. The second-order valence-electron chi connectivity index (χ2n) is 5.39. The molecule has 0 spiro atoms. The molecule has 0 unspecified atom stereocenters. The van der Waals surface area contributed by atoms with E-state index < -0.39 is 0 Å². The maximum absolute atomic E-state index is 12.4. The first-order valence-electron chi connectivity index (χ1n) is 7.77. The summed E-state index contributed by atoms with van der Waals surface area (Å²) in [6, 6.07) is 17.6. The van der Waals surface area contributed by atoms with Crippen molar-refractivity contribution in [2.24, 2.45) is 0 Å². The van der Waals surface area contributed by atoms with Crippen LogP contribution in [0.4, 0.5) is 11.6 Å². The minimum Gasteiger partial charge on any atom is -0.350 e. The van der Waals surface area contributed by atoms with Crippen LogP contribution >= 0.6 is 11.6 Å². The maximum atomic E-state index is 12.4. The second-order valence-corrected chi connectivity index (χ2v) is 5.83. The molecule has 2 aromatic carbocycles. The lowest BCUT2D eigenvalue weighted by Gasteiger charge is -2.08. The standard InChI is InChI=1S/C19H14ClN5O/c20-15-6-4-13(5-7-15)12-23-19-22-9-8-17(25-19)18(26)24-16-3-1-2-14(10-16)11-21/h1-10H,12H2,(H,24,26)(H,22,23,25). The first-order chi connectivity index (χ1) is 12.6. The number of nitrogens with one attached hydrogen (secondary N) is 2. The van der Waals surface area contributed by atoms with Gasteiger partial charge in [-0.05, 0) is 42.0 Å². The highest BCUT2D eigenvalue weighted by Gasteiger charge is 2.09. The van der Waals surface area contributed by atoms with E-state index in [1.54, 1.807) is 36.4 Å². The normalized spacial score (nSPS) is 10.0. The number of carbonyl (C=O) groups is 1. The van der Waals surface area contributed by atoms with Crippen LogP contribution in [0, 0.1) is 11.3 Å². The smallest absolute Gasteiger partial charge is 0.274 e. The van der Waals surface area contributed by atoms with E-state index in [2.05, 4.69) is 20.6 Å². The van der Waals surface area contributed by atoms with E-state index >= 15 is 0 Å². The molecular weight excluding hydrogens is 350 g/mol. The topological polar surface area (TPSA) is 90.7 Å². The Labute approximate surface area is 155 Å². The van der Waals surface area contributed by atoms with Crippen LogP contribution in [-0.2, 0) is 6.54 Å². The van der Waals surface area contributed by atoms with Crippen molar-refractivity contribution in [3.8, 4) is 6.07 Å². The number of benzene rings is 2. The highest BCUT2D eigenvalue weighted by molar-refractivity contribution is 6.30. The third kappa shape index (κ3) is 4.56. The lowest BCUT2D eigenvalue weighted by Crippen LogP contribution is -2.15. The Bertz CT molecular complexity index is 966. The van der Waals surface area contributed by atoms with Gasteiger partial charge in [0.1, 0.15) is 5.69 Å². The molecule has 0 bridgehead atoms. The monoisotopic (exact) mass is 363 g/mol. The minimum absolute atomic E-state index is 0.223. The fourth-order valence-corrected chi connectivity index (χ4v) is 2.34. The van der Waals surface area contributed by atoms with Crippen molar-refractivity contribution in [3.05, 3.63) is 82.6 Å². The van der Waals surface area contributed by atoms with Gasteiger partial charge < -0.3 is 10.6 Å². The predicted molar refractivity (Wildman–Crippen MR) is 99.9 cm³/mol. The van der Waals surface area contributed by atoms with E-state index in [1.807, 2.05) is 18.2 Å². The molecule has 0 saturated heterocycles. The Morgan fingerprint density at radius 3 is 2.73 bits per heavy atom. The second kappa shape index (κ2) is 8.10. The Kier molecular flexibility index (Phi) is 5.42. The summed E-state index contributed by atoms with van der Waals surface area (Å²) in [6.07, 6.45) is 1.51. The average molecular weight is 364 g/mol. The first-order valence-corrected chi connectivity index (χ1v) is 8.15. The molecule has 6 nitrogen and oxygen atoms in total. The van der Waals surface area contributed by atoms with Gasteiger partial charge in [0.15, 0.2) is 0 Å². The summed E-state index contributed by atoms with van der Waals surface area (Å²) in [5, 5.41) is 15.4.